The van der Waals surface area contributed by atoms with E-state index in [0.717, 1.165) is 0 Å². The molecule has 0 aromatic rings. The van der Waals surface area contributed by atoms with Crippen LogP contribution in [0, 0.1) is 0 Å². The lowest BCUT2D eigenvalue weighted by atomic mass is 10.0. The van der Waals surface area contributed by atoms with Gasteiger partial charge < -0.3 is 9.80 Å². The van der Waals surface area contributed by atoms with Gasteiger partial charge >= 0.3 is 0 Å². The highest BCUT2D eigenvalue weighted by molar-refractivity contribution is 4.71. The molecule has 1 rings (SSSR count). The van der Waals surface area contributed by atoms with E-state index in [1.165, 1.54) is 181 Å². The van der Waals surface area contributed by atoms with Gasteiger partial charge in [0, 0.05) is 26.2 Å². The molecule has 0 N–H and O–H groups in total. The highest BCUT2D eigenvalue weighted by atomic mass is 15.3. The van der Waals surface area contributed by atoms with Gasteiger partial charge in [-0.1, -0.05) is 142 Å². The van der Waals surface area contributed by atoms with Crippen LogP contribution in [0.3, 0.4) is 0 Å². The van der Waals surface area contributed by atoms with Gasteiger partial charge in [0.15, 0.2) is 0 Å². The third-order valence-corrected chi connectivity index (χ3v) is 7.62. The van der Waals surface area contributed by atoms with Crippen LogP contribution in [0.5, 0.6) is 0 Å². The van der Waals surface area contributed by atoms with Crippen LogP contribution in [0.2, 0.25) is 0 Å². The van der Waals surface area contributed by atoms with Gasteiger partial charge in [0.05, 0.1) is 0 Å². The fourth-order valence-corrected chi connectivity index (χ4v) is 5.24. The molecule has 0 aliphatic carbocycles. The number of nitrogens with zero attached hydrogens (tertiary/aromatic N) is 2. The van der Waals surface area contributed by atoms with Crippen LogP contribution < -0.4 is 0 Å². The first-order chi connectivity index (χ1) is 15.9. The lowest BCUT2D eigenvalue weighted by molar-refractivity contribution is 0.129. The molecular weight excluding hydrogens is 388 g/mol. The number of hydrogen-bond acceptors (Lipinski definition) is 2. The van der Waals surface area contributed by atoms with Gasteiger partial charge in [-0.2, -0.15) is 0 Å². The van der Waals surface area contributed by atoms with Crippen molar-refractivity contribution in [1.29, 1.82) is 0 Å². The maximum Gasteiger partial charge on any atom is 0.0110 e. The number of piperazine rings is 1. The molecule has 0 aromatic heterocycles. The van der Waals surface area contributed by atoms with E-state index in [-0.39, 0.29) is 0 Å². The monoisotopic (exact) mass is 450 g/mol. The second-order valence-corrected chi connectivity index (χ2v) is 10.8. The third kappa shape index (κ3) is 19.4. The van der Waals surface area contributed by atoms with Gasteiger partial charge in [-0.15, -0.1) is 0 Å². The predicted octanol–water partition coefficient (Wildman–Crippen LogP) is 9.23. The molecular formula is C30H62N2. The van der Waals surface area contributed by atoms with Gasteiger partial charge in [-0.25, -0.2) is 0 Å². The zero-order valence-corrected chi connectivity index (χ0v) is 22.7. The van der Waals surface area contributed by atoms with Crippen LogP contribution in [0.15, 0.2) is 0 Å². The molecule has 32 heavy (non-hydrogen) atoms. The van der Waals surface area contributed by atoms with Gasteiger partial charge in [0.25, 0.3) is 0 Å². The van der Waals surface area contributed by atoms with Gasteiger partial charge in [-0.3, -0.25) is 0 Å². The average molecular weight is 451 g/mol. The molecule has 1 saturated heterocycles. The van der Waals surface area contributed by atoms with Crippen LogP contribution in [0.4, 0.5) is 0 Å². The largest absolute Gasteiger partial charge is 0.301 e. The molecule has 0 radical (unpaired) electrons. The standard InChI is InChI=1S/C30H62N2/c1-3-5-7-9-11-12-13-14-15-16-17-18-19-20-22-24-26-32-29-27-31(28-30-32)25-23-21-10-8-6-4-2/h3-30H2,1-2H3. The van der Waals surface area contributed by atoms with E-state index in [2.05, 4.69) is 23.6 Å². The Kier molecular flexibility index (Phi) is 22.5. The molecule has 0 atom stereocenters. The summed E-state index contributed by atoms with van der Waals surface area (Å²) in [6, 6.07) is 0. The third-order valence-electron chi connectivity index (χ3n) is 7.62. The topological polar surface area (TPSA) is 6.48 Å². The summed E-state index contributed by atoms with van der Waals surface area (Å²) in [6.45, 7) is 12.6. The first kappa shape index (κ1) is 30.0. The Bertz CT molecular complexity index is 349. The summed E-state index contributed by atoms with van der Waals surface area (Å²) >= 11 is 0. The van der Waals surface area contributed by atoms with E-state index in [1.807, 2.05) is 0 Å². The van der Waals surface area contributed by atoms with E-state index in [0.29, 0.717) is 0 Å². The maximum atomic E-state index is 2.72. The van der Waals surface area contributed by atoms with E-state index >= 15 is 0 Å². The van der Waals surface area contributed by atoms with Gasteiger partial charge in [0.1, 0.15) is 0 Å². The molecule has 0 amide bonds. The van der Waals surface area contributed by atoms with Crippen molar-refractivity contribution >= 4 is 0 Å². The molecule has 192 valence electrons. The Morgan fingerprint density at radius 3 is 0.781 bits per heavy atom. The summed E-state index contributed by atoms with van der Waals surface area (Å²) in [5.74, 6) is 0. The Morgan fingerprint density at radius 1 is 0.312 bits per heavy atom. The van der Waals surface area contributed by atoms with Crippen molar-refractivity contribution in [2.24, 2.45) is 0 Å². The Hall–Kier alpha value is -0.0800. The lowest BCUT2D eigenvalue weighted by Crippen LogP contribution is -2.46. The molecule has 2 heteroatoms. The lowest BCUT2D eigenvalue weighted by Gasteiger charge is -2.34. The second kappa shape index (κ2) is 24.1. The van der Waals surface area contributed by atoms with Crippen LogP contribution in [-0.2, 0) is 0 Å². The second-order valence-electron chi connectivity index (χ2n) is 10.8. The quantitative estimate of drug-likeness (QED) is 0.135. The minimum Gasteiger partial charge on any atom is -0.301 e. The minimum absolute atomic E-state index is 1.31. The van der Waals surface area contributed by atoms with Gasteiger partial charge in [-0.05, 0) is 25.9 Å². The number of rotatable bonds is 24. The molecule has 2 nitrogen and oxygen atoms in total. The van der Waals surface area contributed by atoms with Crippen LogP contribution in [0.25, 0.3) is 0 Å². The highest BCUT2D eigenvalue weighted by Crippen LogP contribution is 2.14. The summed E-state index contributed by atoms with van der Waals surface area (Å²) in [6.07, 6.45) is 32.0. The first-order valence-corrected chi connectivity index (χ1v) is 15.3. The fraction of sp³-hybridized carbons (Fsp3) is 1.00. The summed E-state index contributed by atoms with van der Waals surface area (Å²) in [4.78, 5) is 5.44. The Labute approximate surface area is 204 Å². The summed E-state index contributed by atoms with van der Waals surface area (Å²) in [7, 11) is 0. The Morgan fingerprint density at radius 2 is 0.531 bits per heavy atom. The fourth-order valence-electron chi connectivity index (χ4n) is 5.24. The predicted molar refractivity (Wildman–Crippen MR) is 146 cm³/mol. The normalized spacial score (nSPS) is 15.6. The maximum absolute atomic E-state index is 2.72. The van der Waals surface area contributed by atoms with Crippen molar-refractivity contribution in [2.45, 2.75) is 155 Å². The molecule has 0 aromatic carbocycles. The van der Waals surface area contributed by atoms with Crippen molar-refractivity contribution in [1.82, 2.24) is 9.80 Å². The number of hydrogen-bond donors (Lipinski definition) is 0. The van der Waals surface area contributed by atoms with E-state index < -0.39 is 0 Å². The van der Waals surface area contributed by atoms with Crippen molar-refractivity contribution in [3.63, 3.8) is 0 Å². The summed E-state index contributed by atoms with van der Waals surface area (Å²) < 4.78 is 0. The molecule has 0 saturated carbocycles. The Balaban J connectivity index is 1.75. The smallest absolute Gasteiger partial charge is 0.0110 e. The molecule has 1 heterocycles. The van der Waals surface area contributed by atoms with E-state index in [1.54, 1.807) is 0 Å². The molecule has 0 bridgehead atoms. The minimum atomic E-state index is 1.31. The molecule has 0 spiro atoms. The molecule has 1 aliphatic heterocycles. The molecule has 0 unspecified atom stereocenters. The van der Waals surface area contributed by atoms with Crippen LogP contribution in [0.1, 0.15) is 155 Å². The zero-order chi connectivity index (χ0) is 23.0. The van der Waals surface area contributed by atoms with E-state index in [4.69, 9.17) is 0 Å². The highest BCUT2D eigenvalue weighted by Gasteiger charge is 2.15. The van der Waals surface area contributed by atoms with Crippen molar-refractivity contribution in [3.05, 3.63) is 0 Å². The molecule has 1 fully saturated rings. The molecule has 1 aliphatic rings. The van der Waals surface area contributed by atoms with Crippen LogP contribution >= 0.6 is 0 Å². The zero-order valence-electron chi connectivity index (χ0n) is 22.7. The first-order valence-electron chi connectivity index (χ1n) is 15.3. The van der Waals surface area contributed by atoms with Crippen molar-refractivity contribution in [3.8, 4) is 0 Å². The summed E-state index contributed by atoms with van der Waals surface area (Å²) in [5, 5.41) is 0. The van der Waals surface area contributed by atoms with Gasteiger partial charge in [0.2, 0.25) is 0 Å². The van der Waals surface area contributed by atoms with E-state index in [9.17, 15) is 0 Å². The summed E-state index contributed by atoms with van der Waals surface area (Å²) in [5.41, 5.74) is 0. The average Bonchev–Trinajstić information content (AvgIpc) is 2.82. The van der Waals surface area contributed by atoms with Crippen molar-refractivity contribution < 1.29 is 0 Å². The SMILES string of the molecule is CCCCCCCCCCCCCCCCCCN1CCN(CCCCCCCC)CC1. The van der Waals surface area contributed by atoms with Crippen LogP contribution in [-0.4, -0.2) is 49.1 Å². The van der Waals surface area contributed by atoms with Crippen molar-refractivity contribution in [2.75, 3.05) is 39.3 Å². The number of unbranched alkanes of at least 4 members (excludes halogenated alkanes) is 20.